The molecule has 0 amide bonds. The van der Waals surface area contributed by atoms with E-state index in [1.54, 1.807) is 26.4 Å². The van der Waals surface area contributed by atoms with E-state index in [0.29, 0.717) is 39.6 Å². The van der Waals surface area contributed by atoms with E-state index in [9.17, 15) is 0 Å². The van der Waals surface area contributed by atoms with Crippen LogP contribution in [0.3, 0.4) is 0 Å². The number of aromatic nitrogens is 1. The minimum Gasteiger partial charge on any atom is -0.497 e. The van der Waals surface area contributed by atoms with Gasteiger partial charge in [-0.3, -0.25) is 0 Å². The zero-order chi connectivity index (χ0) is 15.4. The summed E-state index contributed by atoms with van der Waals surface area (Å²) in [5, 5.41) is 4.05. The molecule has 0 aliphatic heterocycles. The Kier molecular flexibility index (Phi) is 5.15. The lowest BCUT2D eigenvalue weighted by atomic mass is 10.1. The molecule has 0 spiro atoms. The van der Waals surface area contributed by atoms with E-state index in [2.05, 4.69) is 10.3 Å². The van der Waals surface area contributed by atoms with Crippen molar-refractivity contribution in [1.82, 2.24) is 4.98 Å². The number of nitrogens with zero attached hydrogens (tertiary/aromatic N) is 1. The van der Waals surface area contributed by atoms with E-state index >= 15 is 0 Å². The average Bonchev–Trinajstić information content (AvgIpc) is 2.49. The molecular formula is C15H16Cl2N2O2. The summed E-state index contributed by atoms with van der Waals surface area (Å²) in [4.78, 5) is 4.50. The van der Waals surface area contributed by atoms with Crippen molar-refractivity contribution >= 4 is 29.0 Å². The van der Waals surface area contributed by atoms with Gasteiger partial charge in [-0.2, -0.15) is 0 Å². The van der Waals surface area contributed by atoms with Gasteiger partial charge in [0.05, 0.1) is 30.0 Å². The van der Waals surface area contributed by atoms with E-state index in [1.807, 2.05) is 19.1 Å². The standard InChI is InChI=1S/C15H16Cl2N2O2/c1-4-18-15-12(17)8-11(16)14(19-15)10-6-5-9(20-2)7-13(10)21-3/h5-8H,4H2,1-3H3,(H,18,19). The Balaban J connectivity index is 2.57. The first kappa shape index (κ1) is 15.7. The number of ether oxygens (including phenoxy) is 2. The first-order valence-electron chi connectivity index (χ1n) is 6.43. The molecule has 6 heteroatoms. The van der Waals surface area contributed by atoms with Gasteiger partial charge >= 0.3 is 0 Å². The lowest BCUT2D eigenvalue weighted by Crippen LogP contribution is -2.02. The third-order valence-corrected chi connectivity index (χ3v) is 3.51. The molecule has 0 saturated heterocycles. The van der Waals surface area contributed by atoms with Crippen LogP contribution in [0.1, 0.15) is 6.92 Å². The van der Waals surface area contributed by atoms with E-state index in [4.69, 9.17) is 32.7 Å². The molecule has 0 aliphatic rings. The SMILES string of the molecule is CCNc1nc(-c2ccc(OC)cc2OC)c(Cl)cc1Cl. The molecule has 0 fully saturated rings. The second kappa shape index (κ2) is 6.87. The van der Waals surface area contributed by atoms with E-state index < -0.39 is 0 Å². The molecule has 1 heterocycles. The van der Waals surface area contributed by atoms with Gasteiger partial charge in [-0.1, -0.05) is 23.2 Å². The third-order valence-electron chi connectivity index (χ3n) is 2.94. The quantitative estimate of drug-likeness (QED) is 0.878. The van der Waals surface area contributed by atoms with Crippen molar-refractivity contribution in [3.63, 3.8) is 0 Å². The van der Waals surface area contributed by atoms with Gasteiger partial charge < -0.3 is 14.8 Å². The predicted molar refractivity (Wildman–Crippen MR) is 87.0 cm³/mol. The van der Waals surface area contributed by atoms with Gasteiger partial charge in [0.1, 0.15) is 17.3 Å². The molecule has 0 radical (unpaired) electrons. The maximum Gasteiger partial charge on any atom is 0.145 e. The van der Waals surface area contributed by atoms with Crippen LogP contribution < -0.4 is 14.8 Å². The summed E-state index contributed by atoms with van der Waals surface area (Å²) in [5.74, 6) is 1.93. The van der Waals surface area contributed by atoms with Crippen molar-refractivity contribution in [2.24, 2.45) is 0 Å². The molecule has 0 bridgehead atoms. The van der Waals surface area contributed by atoms with Gasteiger partial charge in [-0.25, -0.2) is 4.98 Å². The van der Waals surface area contributed by atoms with Gasteiger partial charge in [0.15, 0.2) is 0 Å². The third kappa shape index (κ3) is 3.34. The molecule has 0 unspecified atom stereocenters. The first-order chi connectivity index (χ1) is 10.1. The molecule has 1 aromatic heterocycles. The largest absolute Gasteiger partial charge is 0.497 e. The van der Waals surface area contributed by atoms with Crippen molar-refractivity contribution in [2.75, 3.05) is 26.1 Å². The number of pyridine rings is 1. The van der Waals surface area contributed by atoms with Gasteiger partial charge in [-0.05, 0) is 25.1 Å². The number of benzene rings is 1. The highest BCUT2D eigenvalue weighted by Crippen LogP contribution is 2.38. The zero-order valence-electron chi connectivity index (χ0n) is 12.0. The highest BCUT2D eigenvalue weighted by molar-refractivity contribution is 6.37. The monoisotopic (exact) mass is 326 g/mol. The summed E-state index contributed by atoms with van der Waals surface area (Å²) >= 11 is 12.4. The second-order valence-corrected chi connectivity index (χ2v) is 5.06. The summed E-state index contributed by atoms with van der Waals surface area (Å²) < 4.78 is 10.6. The van der Waals surface area contributed by atoms with Crippen molar-refractivity contribution in [1.29, 1.82) is 0 Å². The van der Waals surface area contributed by atoms with Crippen molar-refractivity contribution in [3.8, 4) is 22.8 Å². The number of nitrogens with one attached hydrogen (secondary N) is 1. The topological polar surface area (TPSA) is 43.4 Å². The molecule has 112 valence electrons. The minimum atomic E-state index is 0.463. The highest BCUT2D eigenvalue weighted by atomic mass is 35.5. The Morgan fingerprint density at radius 1 is 1.10 bits per heavy atom. The number of methoxy groups -OCH3 is 2. The predicted octanol–water partition coefficient (Wildman–Crippen LogP) is 4.50. The van der Waals surface area contributed by atoms with E-state index in [0.717, 1.165) is 5.56 Å². The molecule has 2 aromatic rings. The molecular weight excluding hydrogens is 311 g/mol. The Bertz CT molecular complexity index is 648. The summed E-state index contributed by atoms with van der Waals surface area (Å²) in [5.41, 5.74) is 1.38. The summed E-state index contributed by atoms with van der Waals surface area (Å²) in [6, 6.07) is 7.15. The van der Waals surface area contributed by atoms with Crippen LogP contribution in [0, 0.1) is 0 Å². The Morgan fingerprint density at radius 2 is 1.86 bits per heavy atom. The van der Waals surface area contributed by atoms with Crippen molar-refractivity contribution in [3.05, 3.63) is 34.3 Å². The fourth-order valence-electron chi connectivity index (χ4n) is 1.94. The van der Waals surface area contributed by atoms with E-state index in [1.165, 1.54) is 0 Å². The van der Waals surface area contributed by atoms with Gasteiger partial charge in [-0.15, -0.1) is 0 Å². The number of anilines is 1. The minimum absolute atomic E-state index is 0.463. The van der Waals surface area contributed by atoms with Crippen LogP contribution in [0.25, 0.3) is 11.3 Å². The van der Waals surface area contributed by atoms with Crippen molar-refractivity contribution in [2.45, 2.75) is 6.92 Å². The van der Waals surface area contributed by atoms with E-state index in [-0.39, 0.29) is 0 Å². The first-order valence-corrected chi connectivity index (χ1v) is 7.18. The normalized spacial score (nSPS) is 10.3. The molecule has 4 nitrogen and oxygen atoms in total. The second-order valence-electron chi connectivity index (χ2n) is 4.25. The molecule has 2 rings (SSSR count). The molecule has 0 aliphatic carbocycles. The lowest BCUT2D eigenvalue weighted by Gasteiger charge is -2.13. The molecule has 0 atom stereocenters. The van der Waals surface area contributed by atoms with Crippen LogP contribution in [-0.2, 0) is 0 Å². The number of rotatable bonds is 5. The van der Waals surface area contributed by atoms with Crippen molar-refractivity contribution < 1.29 is 9.47 Å². The molecule has 0 saturated carbocycles. The molecule has 21 heavy (non-hydrogen) atoms. The maximum atomic E-state index is 6.28. The molecule has 1 aromatic carbocycles. The smallest absolute Gasteiger partial charge is 0.145 e. The Morgan fingerprint density at radius 3 is 2.48 bits per heavy atom. The fraction of sp³-hybridized carbons (Fsp3) is 0.267. The van der Waals surface area contributed by atoms with Gasteiger partial charge in [0, 0.05) is 18.2 Å². The van der Waals surface area contributed by atoms with Crippen LogP contribution in [0.4, 0.5) is 5.82 Å². The summed E-state index contributed by atoms with van der Waals surface area (Å²) in [6.45, 7) is 2.69. The maximum absolute atomic E-state index is 6.28. The van der Waals surface area contributed by atoms with Gasteiger partial charge in [0.25, 0.3) is 0 Å². The van der Waals surface area contributed by atoms with Crippen LogP contribution >= 0.6 is 23.2 Å². The highest BCUT2D eigenvalue weighted by Gasteiger charge is 2.15. The Hall–Kier alpha value is -1.65. The number of hydrogen-bond donors (Lipinski definition) is 1. The number of halogens is 2. The van der Waals surface area contributed by atoms with Gasteiger partial charge in [0.2, 0.25) is 0 Å². The molecule has 1 N–H and O–H groups in total. The Labute approximate surface area is 134 Å². The summed E-state index contributed by atoms with van der Waals surface area (Å²) in [6.07, 6.45) is 0. The van der Waals surface area contributed by atoms with Crippen LogP contribution in [0.15, 0.2) is 24.3 Å². The average molecular weight is 327 g/mol. The number of hydrogen-bond acceptors (Lipinski definition) is 4. The van der Waals surface area contributed by atoms with Crippen LogP contribution in [-0.4, -0.2) is 25.7 Å². The lowest BCUT2D eigenvalue weighted by molar-refractivity contribution is 0.395. The van der Waals surface area contributed by atoms with Crippen LogP contribution in [0.2, 0.25) is 10.0 Å². The van der Waals surface area contributed by atoms with Crippen LogP contribution in [0.5, 0.6) is 11.5 Å². The fourth-order valence-corrected chi connectivity index (χ4v) is 2.47. The summed E-state index contributed by atoms with van der Waals surface area (Å²) in [7, 11) is 3.19. The zero-order valence-corrected chi connectivity index (χ0v) is 13.5.